The summed E-state index contributed by atoms with van der Waals surface area (Å²) in [5.74, 6) is -0.417. The molecule has 1 aliphatic heterocycles. The molecule has 0 fully saturated rings. The van der Waals surface area contributed by atoms with Gasteiger partial charge in [-0.3, -0.25) is 4.79 Å². The van der Waals surface area contributed by atoms with E-state index < -0.39 is 15.9 Å². The third-order valence-corrected chi connectivity index (χ3v) is 4.25. The number of hydrogen-bond donors (Lipinski definition) is 1. The molecule has 0 bridgehead atoms. The van der Waals surface area contributed by atoms with E-state index >= 15 is 0 Å². The number of hydrogen-bond acceptors (Lipinski definition) is 3. The lowest BCUT2D eigenvalue weighted by molar-refractivity contribution is -0.115. The van der Waals surface area contributed by atoms with Crippen molar-refractivity contribution in [2.24, 2.45) is 0 Å². The lowest BCUT2D eigenvalue weighted by atomic mass is 10.1. The van der Waals surface area contributed by atoms with Gasteiger partial charge in [0, 0.05) is 5.57 Å². The van der Waals surface area contributed by atoms with Gasteiger partial charge >= 0.3 is 0 Å². The average Bonchev–Trinajstić information content (AvgIpc) is 2.42. The molecule has 1 N–H and O–H groups in total. The summed E-state index contributed by atoms with van der Waals surface area (Å²) in [4.78, 5) is 11.8. The van der Waals surface area contributed by atoms with Crippen molar-refractivity contribution >= 4 is 15.9 Å². The third kappa shape index (κ3) is 2.84. The summed E-state index contributed by atoms with van der Waals surface area (Å²) in [5.41, 5.74) is 0.482. The second-order valence-corrected chi connectivity index (χ2v) is 5.75. The van der Waals surface area contributed by atoms with E-state index in [1.807, 2.05) is 13.8 Å². The number of nitrogens with one attached hydrogen (secondary N) is 1. The van der Waals surface area contributed by atoms with Gasteiger partial charge in [-0.25, -0.2) is 13.1 Å². The minimum atomic E-state index is -3.51. The fraction of sp³-hybridized carbons (Fsp3) is 0.727. The van der Waals surface area contributed by atoms with Crippen molar-refractivity contribution in [2.45, 2.75) is 52.4 Å². The summed E-state index contributed by atoms with van der Waals surface area (Å²) in [6.45, 7) is 4.02. The second-order valence-electron chi connectivity index (χ2n) is 4.04. The molecule has 1 aliphatic rings. The fourth-order valence-electron chi connectivity index (χ4n) is 1.76. The number of amides is 1. The molecule has 0 aliphatic carbocycles. The Morgan fingerprint density at radius 2 is 1.62 bits per heavy atom. The van der Waals surface area contributed by atoms with Gasteiger partial charge in [0.1, 0.15) is 0 Å². The van der Waals surface area contributed by atoms with E-state index in [1.54, 1.807) is 0 Å². The number of sulfonamides is 1. The molecule has 16 heavy (non-hydrogen) atoms. The summed E-state index contributed by atoms with van der Waals surface area (Å²) in [7, 11) is -3.51. The number of unbranched alkanes of at least 4 members (excludes halogenated alkanes) is 2. The molecule has 0 saturated carbocycles. The monoisotopic (exact) mass is 245 g/mol. The van der Waals surface area contributed by atoms with Crippen molar-refractivity contribution in [3.63, 3.8) is 0 Å². The van der Waals surface area contributed by atoms with Gasteiger partial charge in [-0.15, -0.1) is 0 Å². The van der Waals surface area contributed by atoms with E-state index in [0.717, 1.165) is 25.7 Å². The average molecular weight is 245 g/mol. The Morgan fingerprint density at radius 3 is 2.19 bits per heavy atom. The smallest absolute Gasteiger partial charge is 0.261 e. The van der Waals surface area contributed by atoms with Crippen LogP contribution in [0.1, 0.15) is 52.4 Å². The summed E-state index contributed by atoms with van der Waals surface area (Å²) in [5, 5.41) is 0. The SMILES string of the molecule is CCCCC1=C(CCCC)S(=O)(=O)NC1=O. The first-order chi connectivity index (χ1) is 7.53. The van der Waals surface area contributed by atoms with Gasteiger partial charge in [0.25, 0.3) is 15.9 Å². The summed E-state index contributed by atoms with van der Waals surface area (Å²) in [6, 6.07) is 0. The first kappa shape index (κ1) is 13.2. The largest absolute Gasteiger partial charge is 0.269 e. The van der Waals surface area contributed by atoms with E-state index in [1.165, 1.54) is 0 Å². The zero-order chi connectivity index (χ0) is 12.2. The number of carbonyl (C=O) groups excluding carboxylic acids is 1. The molecule has 4 nitrogen and oxygen atoms in total. The Balaban J connectivity index is 2.94. The van der Waals surface area contributed by atoms with E-state index in [2.05, 4.69) is 4.72 Å². The minimum absolute atomic E-state index is 0.327. The quantitative estimate of drug-likeness (QED) is 0.779. The predicted octanol–water partition coefficient (Wildman–Crippen LogP) is 2.08. The van der Waals surface area contributed by atoms with E-state index in [-0.39, 0.29) is 0 Å². The van der Waals surface area contributed by atoms with Gasteiger partial charge in [0.2, 0.25) is 0 Å². The highest BCUT2D eigenvalue weighted by atomic mass is 32.2. The van der Waals surface area contributed by atoms with Crippen LogP contribution in [0.25, 0.3) is 0 Å². The van der Waals surface area contributed by atoms with Crippen LogP contribution in [-0.2, 0) is 14.8 Å². The number of carbonyl (C=O) groups is 1. The van der Waals surface area contributed by atoms with Crippen molar-refractivity contribution in [3.05, 3.63) is 10.5 Å². The predicted molar refractivity (Wildman–Crippen MR) is 63.1 cm³/mol. The zero-order valence-electron chi connectivity index (χ0n) is 9.88. The molecule has 0 atom stereocenters. The van der Waals surface area contributed by atoms with Crippen molar-refractivity contribution < 1.29 is 13.2 Å². The van der Waals surface area contributed by atoms with Crippen molar-refractivity contribution in [2.75, 3.05) is 0 Å². The Morgan fingerprint density at radius 1 is 1.06 bits per heavy atom. The summed E-state index contributed by atoms with van der Waals surface area (Å²) < 4.78 is 25.4. The molecule has 0 aromatic rings. The van der Waals surface area contributed by atoms with Crippen LogP contribution in [0.4, 0.5) is 0 Å². The van der Waals surface area contributed by atoms with E-state index in [4.69, 9.17) is 0 Å². The molecule has 1 heterocycles. The molecule has 1 rings (SSSR count). The van der Waals surface area contributed by atoms with Gasteiger partial charge in [0.05, 0.1) is 4.91 Å². The van der Waals surface area contributed by atoms with Gasteiger partial charge in [0.15, 0.2) is 0 Å². The molecule has 0 aromatic heterocycles. The highest BCUT2D eigenvalue weighted by Crippen LogP contribution is 2.27. The second kappa shape index (κ2) is 5.48. The fourth-order valence-corrected chi connectivity index (χ4v) is 3.19. The van der Waals surface area contributed by atoms with Crippen LogP contribution in [0, 0.1) is 0 Å². The summed E-state index contributed by atoms with van der Waals surface area (Å²) in [6.07, 6.45) is 4.59. The van der Waals surface area contributed by atoms with Crippen molar-refractivity contribution in [1.29, 1.82) is 0 Å². The van der Waals surface area contributed by atoms with Crippen LogP contribution in [-0.4, -0.2) is 14.3 Å². The molecule has 1 amide bonds. The van der Waals surface area contributed by atoms with Gasteiger partial charge in [-0.2, -0.15) is 0 Å². The lowest BCUT2D eigenvalue weighted by Crippen LogP contribution is -2.23. The zero-order valence-corrected chi connectivity index (χ0v) is 10.7. The molecular formula is C11H19NO3S. The van der Waals surface area contributed by atoms with Crippen LogP contribution in [0.2, 0.25) is 0 Å². The third-order valence-electron chi connectivity index (χ3n) is 2.70. The first-order valence-electron chi connectivity index (χ1n) is 5.82. The number of rotatable bonds is 6. The Hall–Kier alpha value is -0.840. The van der Waals surface area contributed by atoms with Crippen molar-refractivity contribution in [3.8, 4) is 0 Å². The van der Waals surface area contributed by atoms with Gasteiger partial charge in [-0.1, -0.05) is 26.7 Å². The van der Waals surface area contributed by atoms with Crippen LogP contribution in [0.5, 0.6) is 0 Å². The Bertz CT molecular complexity index is 395. The van der Waals surface area contributed by atoms with Crippen LogP contribution in [0.15, 0.2) is 10.5 Å². The van der Waals surface area contributed by atoms with E-state index in [0.29, 0.717) is 23.3 Å². The molecule has 0 saturated heterocycles. The maximum atomic E-state index is 11.7. The molecule has 5 heteroatoms. The molecule has 0 spiro atoms. The Kier molecular flexibility index (Phi) is 4.53. The lowest BCUT2D eigenvalue weighted by Gasteiger charge is -2.02. The highest BCUT2D eigenvalue weighted by molar-refractivity contribution is 7.94. The topological polar surface area (TPSA) is 63.2 Å². The number of allylic oxidation sites excluding steroid dienone is 1. The molecule has 0 unspecified atom stereocenters. The molecule has 0 radical (unpaired) electrons. The highest BCUT2D eigenvalue weighted by Gasteiger charge is 2.33. The molecular weight excluding hydrogens is 226 g/mol. The van der Waals surface area contributed by atoms with Gasteiger partial charge in [-0.05, 0) is 25.7 Å². The van der Waals surface area contributed by atoms with Crippen LogP contribution in [0.3, 0.4) is 0 Å². The molecule has 0 aromatic carbocycles. The summed E-state index contributed by atoms with van der Waals surface area (Å²) >= 11 is 0. The maximum Gasteiger partial charge on any atom is 0.261 e. The maximum absolute atomic E-state index is 11.7. The van der Waals surface area contributed by atoms with Gasteiger partial charge < -0.3 is 0 Å². The normalized spacial score (nSPS) is 19.0. The van der Waals surface area contributed by atoms with Crippen LogP contribution < -0.4 is 4.72 Å². The van der Waals surface area contributed by atoms with Crippen molar-refractivity contribution in [1.82, 2.24) is 4.72 Å². The van der Waals surface area contributed by atoms with E-state index in [9.17, 15) is 13.2 Å². The van der Waals surface area contributed by atoms with Crippen LogP contribution >= 0.6 is 0 Å². The minimum Gasteiger partial charge on any atom is -0.269 e. The standard InChI is InChI=1S/C11H19NO3S/c1-3-5-7-9-10(8-6-4-2)16(14,15)12-11(9)13/h3-8H2,1-2H3,(H,12,13). The molecule has 92 valence electrons. The Labute approximate surface area is 97.2 Å². The first-order valence-corrected chi connectivity index (χ1v) is 7.30.